The van der Waals surface area contributed by atoms with Gasteiger partial charge in [0.15, 0.2) is 0 Å². The van der Waals surface area contributed by atoms with E-state index in [9.17, 15) is 0 Å². The SMILES string of the molecule is Cc1ccc(C(Br)c2cc3c(s2)CCCC3)s1. The third kappa shape index (κ3) is 2.38. The maximum Gasteiger partial charge on any atom is 0.0831 e. The van der Waals surface area contributed by atoms with Crippen LogP contribution < -0.4 is 0 Å². The molecule has 2 heterocycles. The molecule has 3 rings (SSSR count). The zero-order valence-electron chi connectivity index (χ0n) is 9.83. The Labute approximate surface area is 119 Å². The average Bonchev–Trinajstić information content (AvgIpc) is 2.93. The van der Waals surface area contributed by atoms with Crippen LogP contribution in [-0.2, 0) is 12.8 Å². The molecule has 0 aromatic carbocycles. The fraction of sp³-hybridized carbons (Fsp3) is 0.429. The molecule has 0 N–H and O–H groups in total. The zero-order chi connectivity index (χ0) is 11.8. The number of alkyl halides is 1. The molecule has 1 aliphatic rings. The lowest BCUT2D eigenvalue weighted by Crippen LogP contribution is -1.96. The summed E-state index contributed by atoms with van der Waals surface area (Å²) >= 11 is 7.76. The molecular weight excluding hydrogens is 312 g/mol. The average molecular weight is 327 g/mol. The smallest absolute Gasteiger partial charge is 0.0831 e. The lowest BCUT2D eigenvalue weighted by atomic mass is 9.99. The lowest BCUT2D eigenvalue weighted by molar-refractivity contribution is 0.697. The van der Waals surface area contributed by atoms with Gasteiger partial charge in [-0.2, -0.15) is 0 Å². The molecular formula is C14H15BrS2. The van der Waals surface area contributed by atoms with Crippen LogP contribution in [0.1, 0.15) is 42.7 Å². The highest BCUT2D eigenvalue weighted by molar-refractivity contribution is 9.09. The molecule has 0 bridgehead atoms. The summed E-state index contributed by atoms with van der Waals surface area (Å²) in [6.07, 6.45) is 5.32. The first-order valence-electron chi connectivity index (χ1n) is 6.06. The van der Waals surface area contributed by atoms with Crippen molar-refractivity contribution in [3.8, 4) is 0 Å². The highest BCUT2D eigenvalue weighted by Crippen LogP contribution is 2.41. The predicted molar refractivity (Wildman–Crippen MR) is 80.8 cm³/mol. The summed E-state index contributed by atoms with van der Waals surface area (Å²) in [6.45, 7) is 2.17. The number of thiophene rings is 2. The molecule has 0 radical (unpaired) electrons. The van der Waals surface area contributed by atoms with Crippen molar-refractivity contribution in [2.24, 2.45) is 0 Å². The van der Waals surface area contributed by atoms with E-state index in [0.717, 1.165) is 0 Å². The molecule has 0 saturated carbocycles. The molecule has 0 aliphatic heterocycles. The lowest BCUT2D eigenvalue weighted by Gasteiger charge is -2.08. The van der Waals surface area contributed by atoms with Gasteiger partial charge in [-0.25, -0.2) is 0 Å². The minimum atomic E-state index is 0.400. The van der Waals surface area contributed by atoms with Gasteiger partial charge in [-0.15, -0.1) is 22.7 Å². The Balaban J connectivity index is 1.91. The van der Waals surface area contributed by atoms with E-state index in [1.54, 1.807) is 10.4 Å². The molecule has 0 spiro atoms. The van der Waals surface area contributed by atoms with Gasteiger partial charge in [0.05, 0.1) is 4.83 Å². The molecule has 0 amide bonds. The van der Waals surface area contributed by atoms with Crippen molar-refractivity contribution in [2.75, 3.05) is 0 Å². The zero-order valence-corrected chi connectivity index (χ0v) is 13.1. The summed E-state index contributed by atoms with van der Waals surface area (Å²) in [5, 5.41) is 0. The Bertz CT molecular complexity index is 501. The van der Waals surface area contributed by atoms with Gasteiger partial charge in [0.25, 0.3) is 0 Å². The summed E-state index contributed by atoms with van der Waals surface area (Å²) in [5.74, 6) is 0. The topological polar surface area (TPSA) is 0 Å². The van der Waals surface area contributed by atoms with Gasteiger partial charge >= 0.3 is 0 Å². The van der Waals surface area contributed by atoms with Crippen molar-refractivity contribution >= 4 is 38.6 Å². The highest BCUT2D eigenvalue weighted by Gasteiger charge is 2.19. The number of fused-ring (bicyclic) bond motifs is 1. The van der Waals surface area contributed by atoms with E-state index in [1.165, 1.54) is 40.3 Å². The fourth-order valence-electron chi connectivity index (χ4n) is 2.37. The van der Waals surface area contributed by atoms with Crippen molar-refractivity contribution < 1.29 is 0 Å². The minimum Gasteiger partial charge on any atom is -0.144 e. The van der Waals surface area contributed by atoms with E-state index in [4.69, 9.17) is 0 Å². The maximum absolute atomic E-state index is 3.85. The van der Waals surface area contributed by atoms with Crippen LogP contribution in [0.3, 0.4) is 0 Å². The third-order valence-corrected chi connectivity index (χ3v) is 7.24. The van der Waals surface area contributed by atoms with Crippen LogP contribution >= 0.6 is 38.6 Å². The second-order valence-corrected chi connectivity index (χ2v) is 8.02. The van der Waals surface area contributed by atoms with Crippen molar-refractivity contribution in [3.63, 3.8) is 0 Å². The van der Waals surface area contributed by atoms with Gasteiger partial charge < -0.3 is 0 Å². The van der Waals surface area contributed by atoms with E-state index in [0.29, 0.717) is 4.83 Å². The largest absolute Gasteiger partial charge is 0.144 e. The number of hydrogen-bond acceptors (Lipinski definition) is 2. The summed E-state index contributed by atoms with van der Waals surface area (Å²) in [6, 6.07) is 6.88. The maximum atomic E-state index is 3.85. The quantitative estimate of drug-likeness (QED) is 0.641. The predicted octanol–water partition coefficient (Wildman–Crippen LogP) is 5.48. The number of rotatable bonds is 2. The molecule has 0 saturated heterocycles. The Kier molecular flexibility index (Phi) is 3.42. The number of aryl methyl sites for hydroxylation is 3. The van der Waals surface area contributed by atoms with Crippen LogP contribution in [0.15, 0.2) is 18.2 Å². The van der Waals surface area contributed by atoms with Crippen molar-refractivity contribution in [1.29, 1.82) is 0 Å². The van der Waals surface area contributed by atoms with Gasteiger partial charge in [0.2, 0.25) is 0 Å². The summed E-state index contributed by atoms with van der Waals surface area (Å²) in [5.41, 5.74) is 1.61. The first-order valence-corrected chi connectivity index (χ1v) is 8.61. The van der Waals surface area contributed by atoms with Crippen LogP contribution in [-0.4, -0.2) is 0 Å². The first kappa shape index (κ1) is 11.9. The van der Waals surface area contributed by atoms with Crippen LogP contribution in [0.2, 0.25) is 0 Å². The van der Waals surface area contributed by atoms with Gasteiger partial charge in [-0.1, -0.05) is 15.9 Å². The summed E-state index contributed by atoms with van der Waals surface area (Å²) in [7, 11) is 0. The fourth-order valence-corrected chi connectivity index (χ4v) is 5.42. The normalized spacial score (nSPS) is 16.8. The Morgan fingerprint density at radius 1 is 1.12 bits per heavy atom. The molecule has 0 nitrogen and oxygen atoms in total. The third-order valence-electron chi connectivity index (χ3n) is 3.28. The molecule has 2 aromatic rings. The second kappa shape index (κ2) is 4.87. The standard InChI is InChI=1S/C14H15BrS2/c1-9-6-7-12(16-9)14(15)13-8-10-4-2-3-5-11(10)17-13/h6-8,14H,2-5H2,1H3. The molecule has 2 aromatic heterocycles. The minimum absolute atomic E-state index is 0.400. The van der Waals surface area contributed by atoms with Gasteiger partial charge in [0, 0.05) is 19.5 Å². The second-order valence-electron chi connectivity index (χ2n) is 4.62. The van der Waals surface area contributed by atoms with Crippen LogP contribution in [0, 0.1) is 6.92 Å². The molecule has 3 heteroatoms. The van der Waals surface area contributed by atoms with Crippen LogP contribution in [0.25, 0.3) is 0 Å². The number of hydrogen-bond donors (Lipinski definition) is 0. The summed E-state index contributed by atoms with van der Waals surface area (Å²) in [4.78, 5) is 6.34. The molecule has 17 heavy (non-hydrogen) atoms. The van der Waals surface area contributed by atoms with Crippen molar-refractivity contribution in [1.82, 2.24) is 0 Å². The van der Waals surface area contributed by atoms with E-state index in [2.05, 4.69) is 41.1 Å². The van der Waals surface area contributed by atoms with Crippen molar-refractivity contribution in [2.45, 2.75) is 37.4 Å². The Hall–Kier alpha value is -0.120. The first-order chi connectivity index (χ1) is 8.24. The van der Waals surface area contributed by atoms with E-state index < -0.39 is 0 Å². The summed E-state index contributed by atoms with van der Waals surface area (Å²) < 4.78 is 0. The van der Waals surface area contributed by atoms with E-state index >= 15 is 0 Å². The Morgan fingerprint density at radius 3 is 2.65 bits per heavy atom. The van der Waals surface area contributed by atoms with E-state index in [1.807, 2.05) is 22.7 Å². The van der Waals surface area contributed by atoms with E-state index in [-0.39, 0.29) is 0 Å². The molecule has 0 fully saturated rings. The molecule has 1 aliphatic carbocycles. The molecule has 1 unspecified atom stereocenters. The van der Waals surface area contributed by atoms with Gasteiger partial charge in [-0.3, -0.25) is 0 Å². The van der Waals surface area contributed by atoms with Crippen LogP contribution in [0.5, 0.6) is 0 Å². The van der Waals surface area contributed by atoms with Gasteiger partial charge in [0.1, 0.15) is 0 Å². The van der Waals surface area contributed by atoms with Crippen molar-refractivity contribution in [3.05, 3.63) is 43.3 Å². The number of halogens is 1. The highest BCUT2D eigenvalue weighted by atomic mass is 79.9. The molecule has 90 valence electrons. The van der Waals surface area contributed by atoms with Gasteiger partial charge in [-0.05, 0) is 56.4 Å². The van der Waals surface area contributed by atoms with Crippen LogP contribution in [0.4, 0.5) is 0 Å². The molecule has 1 atom stereocenters. The monoisotopic (exact) mass is 326 g/mol. The Morgan fingerprint density at radius 2 is 1.94 bits per heavy atom.